The second-order valence-corrected chi connectivity index (χ2v) is 7.03. The molecule has 3 rings (SSSR count). The minimum Gasteiger partial charge on any atom is -0.446 e. The van der Waals surface area contributed by atoms with E-state index >= 15 is 0 Å². The molecule has 8 nitrogen and oxygen atoms in total. The second-order valence-electron chi connectivity index (χ2n) is 7.03. The maximum Gasteiger partial charge on any atom is 0.257 e. The molecule has 0 aliphatic carbocycles. The van der Waals surface area contributed by atoms with Gasteiger partial charge in [-0.1, -0.05) is 13.8 Å². The minimum absolute atomic E-state index is 0.132. The summed E-state index contributed by atoms with van der Waals surface area (Å²) in [6, 6.07) is 5.27. The Kier molecular flexibility index (Phi) is 7.88. The highest BCUT2D eigenvalue weighted by Gasteiger charge is 2.25. The van der Waals surface area contributed by atoms with Gasteiger partial charge in [0.15, 0.2) is 11.7 Å². The summed E-state index contributed by atoms with van der Waals surface area (Å²) in [5.41, 5.74) is -0.0700. The molecule has 0 saturated carbocycles. The number of amides is 1. The van der Waals surface area contributed by atoms with E-state index in [0.717, 1.165) is 0 Å². The molecule has 0 spiro atoms. The van der Waals surface area contributed by atoms with Crippen molar-refractivity contribution in [3.63, 3.8) is 0 Å². The molecule has 1 N–H and O–H groups in total. The second kappa shape index (κ2) is 10.2. The SMILES string of the molecule is CC.CCN(CCc1nc(C(C)(C)O)c(C)o1)C(=O)c1cccnc1-n1cccn1. The summed E-state index contributed by atoms with van der Waals surface area (Å²) in [5.74, 6) is 1.45. The molecule has 0 atom stereocenters. The number of oxazole rings is 1. The van der Waals surface area contributed by atoms with E-state index in [4.69, 9.17) is 4.42 Å². The van der Waals surface area contributed by atoms with Crippen LogP contribution in [0.4, 0.5) is 0 Å². The molecule has 0 bridgehead atoms. The first-order chi connectivity index (χ1) is 14.3. The highest BCUT2D eigenvalue weighted by atomic mass is 16.4. The number of nitrogens with zero attached hydrogens (tertiary/aromatic N) is 5. The van der Waals surface area contributed by atoms with Crippen LogP contribution in [0.15, 0.2) is 41.2 Å². The Morgan fingerprint density at radius 1 is 1.27 bits per heavy atom. The van der Waals surface area contributed by atoms with E-state index in [1.54, 1.807) is 67.1 Å². The number of hydrogen-bond donors (Lipinski definition) is 1. The van der Waals surface area contributed by atoms with Gasteiger partial charge in [0.05, 0.1) is 5.56 Å². The molecule has 0 aliphatic heterocycles. The molecule has 3 aromatic rings. The Bertz CT molecular complexity index is 942. The largest absolute Gasteiger partial charge is 0.446 e. The Hall–Kier alpha value is -3.00. The first-order valence-electron chi connectivity index (χ1n) is 10.2. The van der Waals surface area contributed by atoms with Crippen molar-refractivity contribution in [2.45, 2.75) is 53.6 Å². The normalized spacial score (nSPS) is 11.0. The van der Waals surface area contributed by atoms with E-state index in [1.807, 2.05) is 20.8 Å². The van der Waals surface area contributed by atoms with Crippen LogP contribution in [0.1, 0.15) is 62.3 Å². The third-order valence-corrected chi connectivity index (χ3v) is 4.42. The van der Waals surface area contributed by atoms with Crippen molar-refractivity contribution in [2.24, 2.45) is 0 Å². The number of pyridine rings is 1. The summed E-state index contributed by atoms with van der Waals surface area (Å²) in [5, 5.41) is 14.3. The zero-order chi connectivity index (χ0) is 22.3. The Morgan fingerprint density at radius 3 is 2.57 bits per heavy atom. The van der Waals surface area contributed by atoms with Crippen LogP contribution in [-0.4, -0.2) is 48.8 Å². The van der Waals surface area contributed by atoms with Crippen LogP contribution in [0.25, 0.3) is 5.82 Å². The summed E-state index contributed by atoms with van der Waals surface area (Å²) in [6.07, 6.45) is 5.49. The number of aromatic nitrogens is 4. The first kappa shape index (κ1) is 23.3. The number of carbonyl (C=O) groups is 1. The van der Waals surface area contributed by atoms with Gasteiger partial charge in [-0.25, -0.2) is 14.6 Å². The third-order valence-electron chi connectivity index (χ3n) is 4.42. The number of rotatable bonds is 7. The van der Waals surface area contributed by atoms with Gasteiger partial charge in [-0.2, -0.15) is 5.10 Å². The Labute approximate surface area is 177 Å². The monoisotopic (exact) mass is 413 g/mol. The Balaban J connectivity index is 0.00000155. The van der Waals surface area contributed by atoms with Gasteiger partial charge in [0.1, 0.15) is 17.1 Å². The summed E-state index contributed by atoms with van der Waals surface area (Å²) < 4.78 is 7.25. The number of carbonyl (C=O) groups excluding carboxylic acids is 1. The quantitative estimate of drug-likeness (QED) is 0.636. The van der Waals surface area contributed by atoms with Crippen LogP contribution in [0.3, 0.4) is 0 Å². The van der Waals surface area contributed by atoms with Gasteiger partial charge in [-0.05, 0) is 45.9 Å². The van der Waals surface area contributed by atoms with Gasteiger partial charge in [0.25, 0.3) is 5.91 Å². The molecular formula is C22H31N5O3. The van der Waals surface area contributed by atoms with Crippen molar-refractivity contribution >= 4 is 5.91 Å². The van der Waals surface area contributed by atoms with Crippen LogP contribution in [-0.2, 0) is 12.0 Å². The topological polar surface area (TPSA) is 97.3 Å². The minimum atomic E-state index is -1.07. The van der Waals surface area contributed by atoms with E-state index in [-0.39, 0.29) is 5.91 Å². The molecule has 3 heterocycles. The van der Waals surface area contributed by atoms with Gasteiger partial charge >= 0.3 is 0 Å². The number of likely N-dealkylation sites (N-methyl/N-ethyl adjacent to an activating group) is 1. The van der Waals surface area contributed by atoms with Crippen molar-refractivity contribution < 1.29 is 14.3 Å². The lowest BCUT2D eigenvalue weighted by Gasteiger charge is -2.21. The van der Waals surface area contributed by atoms with Gasteiger partial charge in [-0.15, -0.1) is 0 Å². The van der Waals surface area contributed by atoms with Crippen LogP contribution >= 0.6 is 0 Å². The lowest BCUT2D eigenvalue weighted by atomic mass is 10.0. The average molecular weight is 414 g/mol. The molecule has 0 fully saturated rings. The molecule has 0 aromatic carbocycles. The fraction of sp³-hybridized carbons (Fsp3) is 0.455. The lowest BCUT2D eigenvalue weighted by Crippen LogP contribution is -2.33. The summed E-state index contributed by atoms with van der Waals surface area (Å²) >= 11 is 0. The fourth-order valence-corrected chi connectivity index (χ4v) is 3.07. The van der Waals surface area contributed by atoms with Crippen LogP contribution in [0.2, 0.25) is 0 Å². The van der Waals surface area contributed by atoms with E-state index in [2.05, 4.69) is 15.1 Å². The summed E-state index contributed by atoms with van der Waals surface area (Å²) in [7, 11) is 0. The van der Waals surface area contributed by atoms with Gasteiger partial charge < -0.3 is 14.4 Å². The van der Waals surface area contributed by atoms with Gasteiger partial charge in [0.2, 0.25) is 0 Å². The molecule has 162 valence electrons. The van der Waals surface area contributed by atoms with Crippen molar-refractivity contribution in [1.29, 1.82) is 0 Å². The molecule has 3 aromatic heterocycles. The maximum absolute atomic E-state index is 13.1. The van der Waals surface area contributed by atoms with E-state index < -0.39 is 5.60 Å². The van der Waals surface area contributed by atoms with Crippen molar-refractivity contribution in [2.75, 3.05) is 13.1 Å². The summed E-state index contributed by atoms with van der Waals surface area (Å²) in [6.45, 7) is 12.0. The van der Waals surface area contributed by atoms with Gasteiger partial charge in [-0.3, -0.25) is 4.79 Å². The van der Waals surface area contributed by atoms with E-state index in [0.29, 0.717) is 48.2 Å². The smallest absolute Gasteiger partial charge is 0.257 e. The molecule has 0 aliphatic rings. The van der Waals surface area contributed by atoms with Gasteiger partial charge in [0, 0.05) is 38.1 Å². The molecule has 30 heavy (non-hydrogen) atoms. The predicted octanol–water partition coefficient (Wildman–Crippen LogP) is 3.52. The number of aliphatic hydroxyl groups is 1. The highest BCUT2D eigenvalue weighted by Crippen LogP contribution is 2.23. The van der Waals surface area contributed by atoms with Crippen molar-refractivity contribution in [1.82, 2.24) is 24.6 Å². The Morgan fingerprint density at radius 2 is 2.00 bits per heavy atom. The molecular weight excluding hydrogens is 382 g/mol. The molecule has 0 saturated heterocycles. The van der Waals surface area contributed by atoms with Crippen LogP contribution in [0, 0.1) is 6.92 Å². The van der Waals surface area contributed by atoms with E-state index in [1.165, 1.54) is 0 Å². The lowest BCUT2D eigenvalue weighted by molar-refractivity contribution is 0.0725. The van der Waals surface area contributed by atoms with Crippen molar-refractivity contribution in [3.05, 3.63) is 59.7 Å². The first-order valence-corrected chi connectivity index (χ1v) is 10.2. The number of aryl methyl sites for hydroxylation is 1. The molecule has 1 amide bonds. The standard InChI is InChI=1S/C20H25N5O3.C2H6/c1-5-24(13-9-16-23-17(14(2)28-16)20(3,4)27)19(26)15-8-6-10-21-18(15)25-12-7-11-22-25;1-2/h6-8,10-12,27H,5,9,13H2,1-4H3;1-2H3. The predicted molar refractivity (Wildman–Crippen MR) is 114 cm³/mol. The molecule has 0 unspecified atom stereocenters. The molecule has 8 heteroatoms. The fourth-order valence-electron chi connectivity index (χ4n) is 3.07. The van der Waals surface area contributed by atoms with Crippen LogP contribution < -0.4 is 0 Å². The maximum atomic E-state index is 13.1. The zero-order valence-electron chi connectivity index (χ0n) is 18.6. The molecule has 0 radical (unpaired) electrons. The number of hydrogen-bond acceptors (Lipinski definition) is 6. The third kappa shape index (κ3) is 5.33. The van der Waals surface area contributed by atoms with Crippen LogP contribution in [0.5, 0.6) is 0 Å². The van der Waals surface area contributed by atoms with Crippen molar-refractivity contribution in [3.8, 4) is 5.82 Å². The van der Waals surface area contributed by atoms with E-state index in [9.17, 15) is 9.90 Å². The highest BCUT2D eigenvalue weighted by molar-refractivity contribution is 5.97. The zero-order valence-corrected chi connectivity index (χ0v) is 18.6. The summed E-state index contributed by atoms with van der Waals surface area (Å²) in [4.78, 5) is 23.5. The average Bonchev–Trinajstić information content (AvgIpc) is 3.39.